The predicted molar refractivity (Wildman–Crippen MR) is 185 cm³/mol. The second-order valence-corrected chi connectivity index (χ2v) is 12.0. The standard InChI is InChI=1S/C38H47N3O7/c1-2-47-38-30(17-20-45-22-23-46-21-19-42)32(29-13-9-12-28-27-11-4-3-10-26(27)24-31(28)29)25-35(48-38)37(44)40-18-8-7-16-36(43)41-34-15-6-5-14-33(34)39/h3-6,9-15,25,30,32,38,42H,2,7-8,16-24,39H2,1H3,(H,40,44)(H,41,43)/t30-,32+,38+/m0/s1. The number of unbranched alkanes of at least 4 members (excludes halogenated alkanes) is 1. The molecular formula is C38H47N3O7. The van der Waals surface area contributed by atoms with Gasteiger partial charge in [0.05, 0.1) is 37.8 Å². The largest absolute Gasteiger partial charge is 0.459 e. The van der Waals surface area contributed by atoms with E-state index in [1.807, 2.05) is 25.1 Å². The number of aliphatic hydroxyl groups excluding tert-OH is 1. The lowest BCUT2D eigenvalue weighted by Crippen LogP contribution is -2.39. The Morgan fingerprint density at radius 1 is 0.938 bits per heavy atom. The summed E-state index contributed by atoms with van der Waals surface area (Å²) in [6, 6.07) is 22.0. The van der Waals surface area contributed by atoms with Crippen molar-refractivity contribution in [2.75, 3.05) is 57.2 Å². The van der Waals surface area contributed by atoms with Crippen LogP contribution in [0.1, 0.15) is 55.2 Å². The number of para-hydroxylation sites is 2. The molecule has 10 heteroatoms. The Hall–Kier alpha value is -4.22. The first-order chi connectivity index (χ1) is 23.5. The Bertz CT molecular complexity index is 1560. The molecule has 3 aromatic rings. The highest BCUT2D eigenvalue weighted by Gasteiger charge is 2.39. The van der Waals surface area contributed by atoms with Crippen molar-refractivity contribution in [3.8, 4) is 11.1 Å². The Morgan fingerprint density at radius 2 is 1.71 bits per heavy atom. The van der Waals surface area contributed by atoms with Crippen LogP contribution < -0.4 is 16.4 Å². The molecule has 0 saturated heterocycles. The van der Waals surface area contributed by atoms with Crippen LogP contribution in [-0.4, -0.2) is 69.4 Å². The molecule has 1 aliphatic carbocycles. The number of rotatable bonds is 18. The summed E-state index contributed by atoms with van der Waals surface area (Å²) >= 11 is 0. The molecule has 0 fully saturated rings. The van der Waals surface area contributed by atoms with Gasteiger partial charge >= 0.3 is 0 Å². The molecule has 0 saturated carbocycles. The number of ether oxygens (including phenoxy) is 4. The van der Waals surface area contributed by atoms with Crippen molar-refractivity contribution in [2.45, 2.75) is 51.2 Å². The molecule has 0 aromatic heterocycles. The molecule has 1 aliphatic heterocycles. The molecule has 3 aromatic carbocycles. The number of nitrogen functional groups attached to an aromatic ring is 1. The van der Waals surface area contributed by atoms with E-state index in [1.165, 1.54) is 22.3 Å². The van der Waals surface area contributed by atoms with E-state index in [1.54, 1.807) is 12.1 Å². The maximum Gasteiger partial charge on any atom is 0.286 e. The van der Waals surface area contributed by atoms with Crippen LogP contribution >= 0.6 is 0 Å². The van der Waals surface area contributed by atoms with Gasteiger partial charge in [-0.05, 0) is 78.6 Å². The van der Waals surface area contributed by atoms with Gasteiger partial charge in [0.15, 0.2) is 5.76 Å². The first-order valence-electron chi connectivity index (χ1n) is 16.9. The number of nitrogens with two attached hydrogens (primary N) is 1. The lowest BCUT2D eigenvalue weighted by atomic mass is 9.78. The van der Waals surface area contributed by atoms with Gasteiger partial charge in [-0.2, -0.15) is 0 Å². The van der Waals surface area contributed by atoms with Gasteiger partial charge in [-0.15, -0.1) is 0 Å². The number of hydrogen-bond donors (Lipinski definition) is 4. The monoisotopic (exact) mass is 657 g/mol. The minimum Gasteiger partial charge on any atom is -0.459 e. The molecule has 0 spiro atoms. The third kappa shape index (κ3) is 9.02. The second-order valence-electron chi connectivity index (χ2n) is 12.0. The van der Waals surface area contributed by atoms with Crippen molar-refractivity contribution < 1.29 is 33.6 Å². The Balaban J connectivity index is 1.27. The van der Waals surface area contributed by atoms with Gasteiger partial charge in [0.25, 0.3) is 5.91 Å². The van der Waals surface area contributed by atoms with E-state index in [9.17, 15) is 9.59 Å². The average Bonchev–Trinajstić information content (AvgIpc) is 3.48. The quantitative estimate of drug-likeness (QED) is 0.0850. The van der Waals surface area contributed by atoms with Crippen LogP contribution in [0.2, 0.25) is 0 Å². The van der Waals surface area contributed by atoms with Crippen LogP contribution in [0.15, 0.2) is 78.6 Å². The molecule has 0 bridgehead atoms. The van der Waals surface area contributed by atoms with Crippen LogP contribution in [0.3, 0.4) is 0 Å². The smallest absolute Gasteiger partial charge is 0.286 e. The average molecular weight is 658 g/mol. The number of anilines is 2. The highest BCUT2D eigenvalue weighted by molar-refractivity contribution is 5.94. The van der Waals surface area contributed by atoms with E-state index < -0.39 is 6.29 Å². The highest BCUT2D eigenvalue weighted by atomic mass is 16.7. The summed E-state index contributed by atoms with van der Waals surface area (Å²) in [6.07, 6.45) is 4.31. The molecule has 0 unspecified atom stereocenters. The van der Waals surface area contributed by atoms with Crippen LogP contribution in [0.4, 0.5) is 11.4 Å². The zero-order valence-corrected chi connectivity index (χ0v) is 27.6. The van der Waals surface area contributed by atoms with Gasteiger partial charge in [0.2, 0.25) is 12.2 Å². The zero-order valence-electron chi connectivity index (χ0n) is 27.6. The van der Waals surface area contributed by atoms with Crippen molar-refractivity contribution in [3.63, 3.8) is 0 Å². The maximum atomic E-state index is 13.5. The molecule has 5 rings (SSSR count). The summed E-state index contributed by atoms with van der Waals surface area (Å²) in [5.74, 6) is -0.447. The summed E-state index contributed by atoms with van der Waals surface area (Å²) in [6.45, 7) is 4.29. The maximum absolute atomic E-state index is 13.5. The van der Waals surface area contributed by atoms with Crippen molar-refractivity contribution in [2.24, 2.45) is 5.92 Å². The minimum atomic E-state index is -0.645. The first kappa shape index (κ1) is 35.1. The third-order valence-corrected chi connectivity index (χ3v) is 8.74. The van der Waals surface area contributed by atoms with Crippen LogP contribution in [0.5, 0.6) is 0 Å². The number of amides is 2. The lowest BCUT2D eigenvalue weighted by molar-refractivity contribution is -0.168. The van der Waals surface area contributed by atoms with Gasteiger partial charge in [0.1, 0.15) is 0 Å². The Morgan fingerprint density at radius 3 is 2.52 bits per heavy atom. The first-order valence-corrected chi connectivity index (χ1v) is 16.9. The fourth-order valence-electron chi connectivity index (χ4n) is 6.42. The minimum absolute atomic E-state index is 0.0213. The van der Waals surface area contributed by atoms with Crippen LogP contribution in [-0.2, 0) is 35.0 Å². The fraction of sp³-hybridized carbons (Fsp3) is 0.421. The van der Waals surface area contributed by atoms with E-state index in [0.29, 0.717) is 70.0 Å². The SMILES string of the molecule is CCO[C@@H]1OC(C(=O)NCCCCC(=O)Nc2ccccc2N)=C[C@H](c2cccc3c2Cc2ccccc2-3)[C@@H]1CCOCCOCCO. The van der Waals surface area contributed by atoms with E-state index in [2.05, 4.69) is 53.1 Å². The molecule has 48 heavy (non-hydrogen) atoms. The van der Waals surface area contributed by atoms with Gasteiger partial charge in [-0.25, -0.2) is 0 Å². The molecule has 256 valence electrons. The van der Waals surface area contributed by atoms with E-state index in [-0.39, 0.29) is 42.6 Å². The zero-order chi connectivity index (χ0) is 33.7. The highest BCUT2D eigenvalue weighted by Crippen LogP contribution is 2.45. The number of hydrogen-bond acceptors (Lipinski definition) is 8. The lowest BCUT2D eigenvalue weighted by Gasteiger charge is -2.37. The summed E-state index contributed by atoms with van der Waals surface area (Å²) in [7, 11) is 0. The summed E-state index contributed by atoms with van der Waals surface area (Å²) in [5.41, 5.74) is 13.2. The number of fused-ring (bicyclic) bond motifs is 3. The number of allylic oxidation sites excluding steroid dienone is 1. The van der Waals surface area contributed by atoms with Crippen molar-refractivity contribution in [1.82, 2.24) is 5.32 Å². The summed E-state index contributed by atoms with van der Waals surface area (Å²) in [5, 5.41) is 14.8. The van der Waals surface area contributed by atoms with Crippen LogP contribution in [0, 0.1) is 5.92 Å². The van der Waals surface area contributed by atoms with Gasteiger partial charge in [-0.1, -0.05) is 54.6 Å². The third-order valence-electron chi connectivity index (χ3n) is 8.74. The summed E-state index contributed by atoms with van der Waals surface area (Å²) < 4.78 is 23.6. The molecule has 0 radical (unpaired) electrons. The van der Waals surface area contributed by atoms with E-state index in [4.69, 9.17) is 29.8 Å². The number of nitrogens with one attached hydrogen (secondary N) is 2. The van der Waals surface area contributed by atoms with E-state index in [0.717, 1.165) is 12.0 Å². The Labute approximate surface area is 282 Å². The van der Waals surface area contributed by atoms with Crippen LogP contribution in [0.25, 0.3) is 11.1 Å². The molecule has 3 atom stereocenters. The van der Waals surface area contributed by atoms with Crippen molar-refractivity contribution >= 4 is 23.2 Å². The summed E-state index contributed by atoms with van der Waals surface area (Å²) in [4.78, 5) is 25.9. The number of benzene rings is 3. The molecule has 10 nitrogen and oxygen atoms in total. The fourth-order valence-corrected chi connectivity index (χ4v) is 6.42. The van der Waals surface area contributed by atoms with E-state index >= 15 is 0 Å². The van der Waals surface area contributed by atoms with Gasteiger partial charge in [0, 0.05) is 38.0 Å². The van der Waals surface area contributed by atoms with Crippen molar-refractivity contribution in [3.05, 3.63) is 95.3 Å². The predicted octanol–water partition coefficient (Wildman–Crippen LogP) is 5.16. The van der Waals surface area contributed by atoms with Gasteiger partial charge < -0.3 is 40.4 Å². The number of carbonyl (C=O) groups is 2. The molecule has 2 amide bonds. The topological polar surface area (TPSA) is 141 Å². The molecular weight excluding hydrogens is 610 g/mol. The normalized spacial score (nSPS) is 18.0. The molecule has 1 heterocycles. The Kier molecular flexibility index (Phi) is 13.0. The molecule has 2 aliphatic rings. The van der Waals surface area contributed by atoms with Crippen molar-refractivity contribution in [1.29, 1.82) is 0 Å². The van der Waals surface area contributed by atoms with Gasteiger partial charge in [-0.3, -0.25) is 9.59 Å². The number of aliphatic hydroxyl groups is 1. The molecule has 5 N–H and O–H groups in total. The second kappa shape index (κ2) is 17.8. The number of carbonyl (C=O) groups excluding carboxylic acids is 2.